The minimum atomic E-state index is 0.192. The average Bonchev–Trinajstić information content (AvgIpc) is 2.68. The van der Waals surface area contributed by atoms with E-state index < -0.39 is 0 Å². The molecule has 1 fully saturated rings. The highest BCUT2D eigenvalue weighted by Crippen LogP contribution is 2.23. The van der Waals surface area contributed by atoms with E-state index in [1.807, 2.05) is 35.0 Å². The number of ketones is 1. The zero-order valence-electron chi connectivity index (χ0n) is 10.5. The standard InChI is InChI=1S/C15H18N2O/c18-14-7-3-1-2-6-12(14)10-13-11-17-9-5-4-8-15(17)16-13/h4-5,8-9,11-12H,1-3,6-7,10H2. The maximum Gasteiger partial charge on any atom is 0.136 e. The first-order chi connectivity index (χ1) is 8.83. The van der Waals surface area contributed by atoms with Crippen molar-refractivity contribution in [2.45, 2.75) is 38.5 Å². The Morgan fingerprint density at radius 2 is 2.22 bits per heavy atom. The normalized spacial score (nSPS) is 21.1. The van der Waals surface area contributed by atoms with Gasteiger partial charge in [0.15, 0.2) is 0 Å². The van der Waals surface area contributed by atoms with Gasteiger partial charge in [0.1, 0.15) is 11.4 Å². The Morgan fingerprint density at radius 3 is 3.11 bits per heavy atom. The van der Waals surface area contributed by atoms with Crippen LogP contribution in [0.5, 0.6) is 0 Å². The second-order valence-corrected chi connectivity index (χ2v) is 5.17. The lowest BCUT2D eigenvalue weighted by atomic mass is 9.94. The van der Waals surface area contributed by atoms with Crippen LogP contribution in [0.25, 0.3) is 5.65 Å². The van der Waals surface area contributed by atoms with E-state index in [2.05, 4.69) is 4.98 Å². The molecule has 3 heteroatoms. The van der Waals surface area contributed by atoms with Crippen molar-refractivity contribution in [1.29, 1.82) is 0 Å². The molecule has 0 amide bonds. The number of carbonyl (C=O) groups is 1. The predicted molar refractivity (Wildman–Crippen MR) is 70.5 cm³/mol. The largest absolute Gasteiger partial charge is 0.307 e. The summed E-state index contributed by atoms with van der Waals surface area (Å²) in [6, 6.07) is 5.98. The molecule has 1 saturated carbocycles. The third-order valence-corrected chi connectivity index (χ3v) is 3.80. The molecule has 0 saturated heterocycles. The third kappa shape index (κ3) is 2.30. The number of imidazole rings is 1. The van der Waals surface area contributed by atoms with E-state index in [4.69, 9.17) is 0 Å². The van der Waals surface area contributed by atoms with Gasteiger partial charge in [-0.2, -0.15) is 0 Å². The summed E-state index contributed by atoms with van der Waals surface area (Å²) in [5, 5.41) is 0. The summed E-state index contributed by atoms with van der Waals surface area (Å²) < 4.78 is 2.02. The van der Waals surface area contributed by atoms with Gasteiger partial charge in [-0.1, -0.05) is 18.9 Å². The molecule has 3 rings (SSSR count). The Balaban J connectivity index is 1.80. The number of rotatable bonds is 2. The number of Topliss-reactive ketones (excluding diaryl/α,β-unsaturated/α-hetero) is 1. The second kappa shape index (κ2) is 4.92. The van der Waals surface area contributed by atoms with Crippen molar-refractivity contribution in [1.82, 2.24) is 9.38 Å². The van der Waals surface area contributed by atoms with Gasteiger partial charge in [0.2, 0.25) is 0 Å². The first kappa shape index (κ1) is 11.5. The van der Waals surface area contributed by atoms with Gasteiger partial charge >= 0.3 is 0 Å². The molecule has 0 aromatic carbocycles. The first-order valence-corrected chi connectivity index (χ1v) is 6.78. The van der Waals surface area contributed by atoms with E-state index in [-0.39, 0.29) is 5.92 Å². The zero-order chi connectivity index (χ0) is 12.4. The van der Waals surface area contributed by atoms with Gasteiger partial charge in [-0.3, -0.25) is 4.79 Å². The van der Waals surface area contributed by atoms with Crippen LogP contribution in [-0.4, -0.2) is 15.2 Å². The van der Waals surface area contributed by atoms with Crippen LogP contribution in [0.15, 0.2) is 30.6 Å². The lowest BCUT2D eigenvalue weighted by Gasteiger charge is -2.10. The summed E-state index contributed by atoms with van der Waals surface area (Å²) in [7, 11) is 0. The first-order valence-electron chi connectivity index (χ1n) is 6.78. The molecule has 2 aromatic rings. The molecule has 1 unspecified atom stereocenters. The van der Waals surface area contributed by atoms with E-state index >= 15 is 0 Å². The van der Waals surface area contributed by atoms with Gasteiger partial charge in [0.05, 0.1) is 5.69 Å². The number of fused-ring (bicyclic) bond motifs is 1. The highest BCUT2D eigenvalue weighted by molar-refractivity contribution is 5.81. The quantitative estimate of drug-likeness (QED) is 0.759. The van der Waals surface area contributed by atoms with Crippen molar-refractivity contribution >= 4 is 11.4 Å². The number of nitrogens with zero attached hydrogens (tertiary/aromatic N) is 2. The maximum absolute atomic E-state index is 12.0. The molecule has 0 bridgehead atoms. The number of hydrogen-bond donors (Lipinski definition) is 0. The summed E-state index contributed by atoms with van der Waals surface area (Å²) in [5.41, 5.74) is 2.01. The van der Waals surface area contributed by atoms with E-state index in [1.54, 1.807) is 0 Å². The van der Waals surface area contributed by atoms with Crippen LogP contribution in [0.4, 0.5) is 0 Å². The van der Waals surface area contributed by atoms with Crippen LogP contribution in [0.2, 0.25) is 0 Å². The van der Waals surface area contributed by atoms with Gasteiger partial charge in [0.25, 0.3) is 0 Å². The molecule has 1 aliphatic carbocycles. The minimum Gasteiger partial charge on any atom is -0.307 e. The van der Waals surface area contributed by atoms with Crippen LogP contribution >= 0.6 is 0 Å². The number of hydrogen-bond acceptors (Lipinski definition) is 2. The fraction of sp³-hybridized carbons (Fsp3) is 0.467. The molecule has 1 atom stereocenters. The molecular formula is C15H18N2O. The van der Waals surface area contributed by atoms with E-state index in [0.717, 1.165) is 37.0 Å². The molecule has 0 radical (unpaired) electrons. The average molecular weight is 242 g/mol. The monoisotopic (exact) mass is 242 g/mol. The summed E-state index contributed by atoms with van der Waals surface area (Å²) in [5.74, 6) is 0.627. The van der Waals surface area contributed by atoms with Crippen LogP contribution in [0.1, 0.15) is 37.8 Å². The fourth-order valence-corrected chi connectivity index (χ4v) is 2.79. The number of aromatic nitrogens is 2. The molecule has 3 nitrogen and oxygen atoms in total. The van der Waals surface area contributed by atoms with Gasteiger partial charge < -0.3 is 4.40 Å². The Hall–Kier alpha value is -1.64. The SMILES string of the molecule is O=C1CCCCCC1Cc1cn2ccccc2n1. The summed E-state index contributed by atoms with van der Waals surface area (Å²) in [4.78, 5) is 16.6. The lowest BCUT2D eigenvalue weighted by molar-refractivity contribution is -0.122. The molecule has 2 aromatic heterocycles. The van der Waals surface area contributed by atoms with Crippen molar-refractivity contribution in [3.63, 3.8) is 0 Å². The maximum atomic E-state index is 12.0. The van der Waals surface area contributed by atoms with Crippen molar-refractivity contribution in [2.24, 2.45) is 5.92 Å². The molecule has 18 heavy (non-hydrogen) atoms. The Bertz CT molecular complexity index is 525. The van der Waals surface area contributed by atoms with E-state index in [9.17, 15) is 4.79 Å². The van der Waals surface area contributed by atoms with Gasteiger partial charge in [-0.15, -0.1) is 0 Å². The highest BCUT2D eigenvalue weighted by atomic mass is 16.1. The molecule has 2 heterocycles. The number of pyridine rings is 1. The van der Waals surface area contributed by atoms with E-state index in [0.29, 0.717) is 5.78 Å². The lowest BCUT2D eigenvalue weighted by Crippen LogP contribution is -2.15. The molecule has 0 N–H and O–H groups in total. The Morgan fingerprint density at radius 1 is 1.28 bits per heavy atom. The Kier molecular flexibility index (Phi) is 3.13. The second-order valence-electron chi connectivity index (χ2n) is 5.17. The zero-order valence-corrected chi connectivity index (χ0v) is 10.5. The topological polar surface area (TPSA) is 34.4 Å². The van der Waals surface area contributed by atoms with Crippen molar-refractivity contribution in [3.8, 4) is 0 Å². The summed E-state index contributed by atoms with van der Waals surface area (Å²) >= 11 is 0. The van der Waals surface area contributed by atoms with Crippen LogP contribution in [0, 0.1) is 5.92 Å². The highest BCUT2D eigenvalue weighted by Gasteiger charge is 2.21. The van der Waals surface area contributed by atoms with Crippen LogP contribution in [0.3, 0.4) is 0 Å². The Labute approximate surface area is 107 Å². The van der Waals surface area contributed by atoms with Crippen molar-refractivity contribution < 1.29 is 4.79 Å². The van der Waals surface area contributed by atoms with E-state index in [1.165, 1.54) is 12.8 Å². The van der Waals surface area contributed by atoms with Gasteiger partial charge in [-0.05, 0) is 25.0 Å². The molecule has 94 valence electrons. The summed E-state index contributed by atoms with van der Waals surface area (Å²) in [6.07, 6.45) is 10.1. The molecule has 1 aliphatic rings. The fourth-order valence-electron chi connectivity index (χ4n) is 2.79. The number of carbonyl (C=O) groups excluding carboxylic acids is 1. The van der Waals surface area contributed by atoms with Crippen LogP contribution in [-0.2, 0) is 11.2 Å². The third-order valence-electron chi connectivity index (χ3n) is 3.80. The van der Waals surface area contributed by atoms with Crippen LogP contribution < -0.4 is 0 Å². The van der Waals surface area contributed by atoms with Gasteiger partial charge in [0, 0.05) is 31.2 Å². The van der Waals surface area contributed by atoms with Gasteiger partial charge in [-0.25, -0.2) is 4.98 Å². The smallest absolute Gasteiger partial charge is 0.136 e. The summed E-state index contributed by atoms with van der Waals surface area (Å²) in [6.45, 7) is 0. The van der Waals surface area contributed by atoms with Crippen molar-refractivity contribution in [3.05, 3.63) is 36.3 Å². The predicted octanol–water partition coefficient (Wildman–Crippen LogP) is 3.03. The molecular weight excluding hydrogens is 224 g/mol. The molecule has 0 spiro atoms. The van der Waals surface area contributed by atoms with Crippen molar-refractivity contribution in [2.75, 3.05) is 0 Å². The minimum absolute atomic E-state index is 0.192. The molecule has 0 aliphatic heterocycles.